The van der Waals surface area contributed by atoms with Crippen molar-refractivity contribution < 1.29 is 0 Å². The Bertz CT molecular complexity index is 997. The van der Waals surface area contributed by atoms with Gasteiger partial charge in [-0.15, -0.1) is 28.3 Å². The lowest BCUT2D eigenvalue weighted by atomic mass is 10.3. The van der Waals surface area contributed by atoms with Crippen LogP contribution < -0.4 is 5.32 Å². The Balaban J connectivity index is 0.00000169. The molecule has 24 heavy (non-hydrogen) atoms. The van der Waals surface area contributed by atoms with E-state index in [1.807, 2.05) is 53.2 Å². The maximum Gasteiger partial charge on any atom is 0.234 e. The number of thiazole rings is 1. The van der Waals surface area contributed by atoms with Crippen molar-refractivity contribution in [1.82, 2.24) is 19.4 Å². The van der Waals surface area contributed by atoms with Crippen molar-refractivity contribution in [3.63, 3.8) is 0 Å². The quantitative estimate of drug-likeness (QED) is 0.497. The molecule has 1 N–H and O–H groups in total. The molecule has 0 aliphatic heterocycles. The number of fused-ring (bicyclic) bond motifs is 1. The summed E-state index contributed by atoms with van der Waals surface area (Å²) in [6.45, 7) is 1.96. The summed E-state index contributed by atoms with van der Waals surface area (Å²) in [5.41, 5.74) is 3.56. The second kappa shape index (κ2) is 6.88. The van der Waals surface area contributed by atoms with Crippen molar-refractivity contribution in [1.29, 1.82) is 0 Å². The van der Waals surface area contributed by atoms with Crippen LogP contribution in [0.3, 0.4) is 0 Å². The highest BCUT2D eigenvalue weighted by Gasteiger charge is 2.14. The Labute approximate surface area is 158 Å². The SMILES string of the molecule is Br.Cc1nc2ncccn2c1-c1csc(Nc2ccccc2Cl)n1. The van der Waals surface area contributed by atoms with Crippen LogP contribution in [-0.2, 0) is 0 Å². The maximum atomic E-state index is 6.18. The molecule has 0 saturated heterocycles. The van der Waals surface area contributed by atoms with Gasteiger partial charge in [0.15, 0.2) is 5.13 Å². The van der Waals surface area contributed by atoms with Gasteiger partial charge in [0.25, 0.3) is 0 Å². The van der Waals surface area contributed by atoms with Gasteiger partial charge in [0.1, 0.15) is 5.69 Å². The summed E-state index contributed by atoms with van der Waals surface area (Å²) in [4.78, 5) is 13.4. The Hall–Kier alpha value is -1.96. The highest BCUT2D eigenvalue weighted by atomic mass is 79.9. The first-order chi connectivity index (χ1) is 11.2. The first-order valence-corrected chi connectivity index (χ1v) is 8.25. The molecule has 0 radical (unpaired) electrons. The Morgan fingerprint density at radius 2 is 2.00 bits per heavy atom. The summed E-state index contributed by atoms with van der Waals surface area (Å²) in [5.74, 6) is 0.675. The minimum Gasteiger partial charge on any atom is -0.330 e. The summed E-state index contributed by atoms with van der Waals surface area (Å²) >= 11 is 7.70. The molecule has 4 aromatic rings. The summed E-state index contributed by atoms with van der Waals surface area (Å²) in [6.07, 6.45) is 3.68. The average Bonchev–Trinajstić information content (AvgIpc) is 3.12. The largest absolute Gasteiger partial charge is 0.330 e. The zero-order chi connectivity index (χ0) is 15.8. The first kappa shape index (κ1) is 16.9. The average molecular weight is 423 g/mol. The van der Waals surface area contributed by atoms with E-state index in [1.54, 1.807) is 6.20 Å². The number of anilines is 2. The Morgan fingerprint density at radius 3 is 2.83 bits per heavy atom. The lowest BCUT2D eigenvalue weighted by molar-refractivity contribution is 1.11. The van der Waals surface area contributed by atoms with Crippen molar-refractivity contribution in [2.45, 2.75) is 6.92 Å². The molecular weight excluding hydrogens is 410 g/mol. The summed E-state index contributed by atoms with van der Waals surface area (Å²) < 4.78 is 1.95. The van der Waals surface area contributed by atoms with Crippen LogP contribution in [0.25, 0.3) is 17.2 Å². The van der Waals surface area contributed by atoms with Crippen LogP contribution in [0.1, 0.15) is 5.69 Å². The fourth-order valence-electron chi connectivity index (χ4n) is 2.42. The number of benzene rings is 1. The highest BCUT2D eigenvalue weighted by Crippen LogP contribution is 2.31. The second-order valence-corrected chi connectivity index (χ2v) is 6.24. The third-order valence-electron chi connectivity index (χ3n) is 3.44. The van der Waals surface area contributed by atoms with Gasteiger partial charge in [-0.1, -0.05) is 23.7 Å². The molecule has 0 aliphatic carbocycles. The van der Waals surface area contributed by atoms with E-state index in [1.165, 1.54) is 11.3 Å². The van der Waals surface area contributed by atoms with E-state index in [0.29, 0.717) is 10.8 Å². The molecule has 0 saturated carbocycles. The minimum absolute atomic E-state index is 0. The topological polar surface area (TPSA) is 55.1 Å². The normalized spacial score (nSPS) is 10.6. The highest BCUT2D eigenvalue weighted by molar-refractivity contribution is 8.93. The van der Waals surface area contributed by atoms with Crippen molar-refractivity contribution in [2.75, 3.05) is 5.32 Å². The van der Waals surface area contributed by atoms with Crippen LogP contribution in [0.4, 0.5) is 10.8 Å². The van der Waals surface area contributed by atoms with Crippen LogP contribution in [0.5, 0.6) is 0 Å². The van der Waals surface area contributed by atoms with Gasteiger partial charge in [-0.3, -0.25) is 4.40 Å². The second-order valence-electron chi connectivity index (χ2n) is 4.98. The molecule has 3 aromatic heterocycles. The number of hydrogen-bond acceptors (Lipinski definition) is 5. The van der Waals surface area contributed by atoms with Gasteiger partial charge in [0.05, 0.1) is 22.1 Å². The fourth-order valence-corrected chi connectivity index (χ4v) is 3.31. The van der Waals surface area contributed by atoms with Gasteiger partial charge in [-0.05, 0) is 25.1 Å². The third kappa shape index (κ3) is 3.02. The van der Waals surface area contributed by atoms with Gasteiger partial charge in [-0.2, -0.15) is 0 Å². The molecule has 0 spiro atoms. The van der Waals surface area contributed by atoms with Gasteiger partial charge < -0.3 is 5.32 Å². The Morgan fingerprint density at radius 1 is 1.17 bits per heavy atom. The van der Waals surface area contributed by atoms with E-state index in [0.717, 1.165) is 27.9 Å². The lowest BCUT2D eigenvalue weighted by Gasteiger charge is -2.04. The molecule has 1 aromatic carbocycles. The molecule has 0 amide bonds. The molecule has 0 unspecified atom stereocenters. The number of imidazole rings is 1. The molecule has 5 nitrogen and oxygen atoms in total. The minimum atomic E-state index is 0. The Kier molecular flexibility index (Phi) is 4.84. The van der Waals surface area contributed by atoms with E-state index >= 15 is 0 Å². The number of nitrogens with zero attached hydrogens (tertiary/aromatic N) is 4. The predicted octanol–water partition coefficient (Wildman–Crippen LogP) is 5.14. The maximum absolute atomic E-state index is 6.18. The van der Waals surface area contributed by atoms with E-state index in [9.17, 15) is 0 Å². The third-order valence-corrected chi connectivity index (χ3v) is 4.53. The predicted molar refractivity (Wildman–Crippen MR) is 104 cm³/mol. The van der Waals surface area contributed by atoms with Gasteiger partial charge in [0.2, 0.25) is 5.78 Å². The van der Waals surface area contributed by atoms with Crippen LogP contribution >= 0.6 is 39.9 Å². The van der Waals surface area contributed by atoms with Gasteiger partial charge in [-0.25, -0.2) is 15.0 Å². The van der Waals surface area contributed by atoms with E-state index < -0.39 is 0 Å². The van der Waals surface area contributed by atoms with Crippen molar-refractivity contribution in [3.05, 3.63) is 58.8 Å². The standard InChI is InChI=1S/C16H12ClN5S.BrH/c1-10-14(22-8-4-7-18-15(22)19-10)13-9-23-16(21-13)20-12-6-3-2-5-11(12)17;/h2-9H,1H3,(H,20,21);1H. The number of aryl methyl sites for hydroxylation is 1. The summed E-state index contributed by atoms with van der Waals surface area (Å²) in [7, 11) is 0. The number of halogens is 2. The molecule has 8 heteroatoms. The number of hydrogen-bond donors (Lipinski definition) is 1. The fraction of sp³-hybridized carbons (Fsp3) is 0.0625. The van der Waals surface area contributed by atoms with Crippen molar-refractivity contribution in [2.24, 2.45) is 0 Å². The molecular formula is C16H13BrClN5S. The van der Waals surface area contributed by atoms with Crippen LogP contribution in [0, 0.1) is 6.92 Å². The van der Waals surface area contributed by atoms with Gasteiger partial charge >= 0.3 is 0 Å². The number of rotatable bonds is 3. The number of para-hydroxylation sites is 1. The van der Waals surface area contributed by atoms with Crippen LogP contribution in [0.15, 0.2) is 48.1 Å². The van der Waals surface area contributed by atoms with Crippen molar-refractivity contribution in [3.8, 4) is 11.4 Å². The van der Waals surface area contributed by atoms with E-state index in [4.69, 9.17) is 11.6 Å². The molecule has 0 aliphatic rings. The van der Waals surface area contributed by atoms with Crippen molar-refractivity contribution >= 4 is 56.5 Å². The van der Waals surface area contributed by atoms with Crippen LogP contribution in [0.2, 0.25) is 5.02 Å². The van der Waals surface area contributed by atoms with Gasteiger partial charge in [0, 0.05) is 17.8 Å². The molecule has 4 rings (SSSR count). The first-order valence-electron chi connectivity index (χ1n) is 6.99. The number of aromatic nitrogens is 4. The van der Waals surface area contributed by atoms with E-state index in [-0.39, 0.29) is 17.0 Å². The molecule has 0 fully saturated rings. The van der Waals surface area contributed by atoms with Crippen LogP contribution in [-0.4, -0.2) is 19.4 Å². The zero-order valence-corrected chi connectivity index (χ0v) is 15.9. The molecule has 122 valence electrons. The monoisotopic (exact) mass is 421 g/mol. The smallest absolute Gasteiger partial charge is 0.234 e. The lowest BCUT2D eigenvalue weighted by Crippen LogP contribution is -1.92. The summed E-state index contributed by atoms with van der Waals surface area (Å²) in [6, 6.07) is 9.48. The molecule has 0 atom stereocenters. The number of nitrogens with one attached hydrogen (secondary N) is 1. The summed E-state index contributed by atoms with van der Waals surface area (Å²) in [5, 5.41) is 6.70. The zero-order valence-electron chi connectivity index (χ0n) is 12.6. The van der Waals surface area contributed by atoms with E-state index in [2.05, 4.69) is 20.3 Å². The molecule has 3 heterocycles. The molecule has 0 bridgehead atoms.